The van der Waals surface area contributed by atoms with Crippen LogP contribution in [0.3, 0.4) is 0 Å². The van der Waals surface area contributed by atoms with E-state index in [1.54, 1.807) is 18.2 Å². The Morgan fingerprint density at radius 2 is 1.84 bits per heavy atom. The van der Waals surface area contributed by atoms with E-state index in [0.29, 0.717) is 10.0 Å². The van der Waals surface area contributed by atoms with Crippen LogP contribution in [-0.2, 0) is 0 Å². The van der Waals surface area contributed by atoms with Crippen molar-refractivity contribution in [3.05, 3.63) is 69.0 Å². The normalized spacial score (nSPS) is 12.5. The van der Waals surface area contributed by atoms with Gasteiger partial charge in [-0.15, -0.1) is 0 Å². The Morgan fingerprint density at radius 3 is 2.47 bits per heavy atom. The van der Waals surface area contributed by atoms with Gasteiger partial charge in [-0.1, -0.05) is 29.3 Å². The lowest BCUT2D eigenvalue weighted by molar-refractivity contribution is 0.615. The molecule has 0 aliphatic carbocycles. The minimum atomic E-state index is -0.256. The van der Waals surface area contributed by atoms with Crippen LogP contribution >= 0.6 is 23.2 Å². The van der Waals surface area contributed by atoms with Crippen LogP contribution in [0.4, 0.5) is 4.39 Å². The number of nitrogens with one attached hydrogen (secondary N) is 1. The van der Waals surface area contributed by atoms with E-state index < -0.39 is 0 Å². The predicted octanol–water partition coefficient (Wildman–Crippen LogP) is 4.75. The summed E-state index contributed by atoms with van der Waals surface area (Å²) < 4.78 is 13.5. The molecule has 100 valence electrons. The van der Waals surface area contributed by atoms with Crippen molar-refractivity contribution in [2.75, 3.05) is 7.05 Å². The van der Waals surface area contributed by atoms with Gasteiger partial charge in [0.2, 0.25) is 0 Å². The minimum absolute atomic E-state index is 0.194. The van der Waals surface area contributed by atoms with Crippen LogP contribution in [0.15, 0.2) is 36.4 Å². The Labute approximate surface area is 122 Å². The molecule has 2 rings (SSSR count). The summed E-state index contributed by atoms with van der Waals surface area (Å²) in [6, 6.07) is 10.0. The fourth-order valence-corrected chi connectivity index (χ4v) is 2.58. The van der Waals surface area contributed by atoms with Crippen molar-refractivity contribution in [2.24, 2.45) is 0 Å². The first-order valence-corrected chi connectivity index (χ1v) is 6.66. The third kappa shape index (κ3) is 3.27. The van der Waals surface area contributed by atoms with Crippen molar-refractivity contribution >= 4 is 23.2 Å². The summed E-state index contributed by atoms with van der Waals surface area (Å²) in [7, 11) is 1.81. The van der Waals surface area contributed by atoms with Gasteiger partial charge in [0.05, 0.1) is 6.04 Å². The standard InChI is InChI=1S/C15H14Cl2FN/c1-9-5-10(7-12(18)6-9)15(19-2)13-8-11(16)3-4-14(13)17/h3-8,15,19H,1-2H3. The molecular weight excluding hydrogens is 284 g/mol. The van der Waals surface area contributed by atoms with Crippen LogP contribution in [-0.4, -0.2) is 7.05 Å². The minimum Gasteiger partial charge on any atom is -0.309 e. The van der Waals surface area contributed by atoms with Crippen molar-refractivity contribution in [1.29, 1.82) is 0 Å². The molecule has 19 heavy (non-hydrogen) atoms. The number of benzene rings is 2. The monoisotopic (exact) mass is 297 g/mol. The summed E-state index contributed by atoms with van der Waals surface area (Å²) >= 11 is 12.2. The molecule has 2 aromatic rings. The molecule has 4 heteroatoms. The fraction of sp³-hybridized carbons (Fsp3) is 0.200. The van der Waals surface area contributed by atoms with Crippen LogP contribution in [0.2, 0.25) is 10.0 Å². The van der Waals surface area contributed by atoms with Gasteiger partial charge in [0.1, 0.15) is 5.82 Å². The van der Waals surface area contributed by atoms with Gasteiger partial charge in [-0.25, -0.2) is 4.39 Å². The highest BCUT2D eigenvalue weighted by Gasteiger charge is 2.16. The zero-order chi connectivity index (χ0) is 14.0. The maximum atomic E-state index is 13.5. The molecule has 0 saturated carbocycles. The second-order valence-electron chi connectivity index (χ2n) is 4.45. The fourth-order valence-electron chi connectivity index (χ4n) is 2.17. The van der Waals surface area contributed by atoms with E-state index in [0.717, 1.165) is 16.7 Å². The van der Waals surface area contributed by atoms with Gasteiger partial charge < -0.3 is 5.32 Å². The van der Waals surface area contributed by atoms with Gasteiger partial charge >= 0.3 is 0 Å². The van der Waals surface area contributed by atoms with Gasteiger partial charge in [0.25, 0.3) is 0 Å². The largest absolute Gasteiger partial charge is 0.309 e. The molecule has 0 fully saturated rings. The van der Waals surface area contributed by atoms with Crippen molar-refractivity contribution in [2.45, 2.75) is 13.0 Å². The summed E-state index contributed by atoms with van der Waals surface area (Å²) in [4.78, 5) is 0. The summed E-state index contributed by atoms with van der Waals surface area (Å²) in [5.74, 6) is -0.256. The third-order valence-electron chi connectivity index (χ3n) is 2.96. The van der Waals surface area contributed by atoms with E-state index in [1.165, 1.54) is 12.1 Å². The zero-order valence-electron chi connectivity index (χ0n) is 10.7. The second-order valence-corrected chi connectivity index (χ2v) is 5.29. The van der Waals surface area contributed by atoms with Crippen LogP contribution in [0, 0.1) is 12.7 Å². The van der Waals surface area contributed by atoms with Crippen molar-refractivity contribution in [3.63, 3.8) is 0 Å². The van der Waals surface area contributed by atoms with E-state index in [4.69, 9.17) is 23.2 Å². The molecule has 0 radical (unpaired) electrons. The molecule has 0 aliphatic rings. The number of hydrogen-bond donors (Lipinski definition) is 1. The highest BCUT2D eigenvalue weighted by Crippen LogP contribution is 2.31. The number of hydrogen-bond acceptors (Lipinski definition) is 1. The quantitative estimate of drug-likeness (QED) is 0.862. The van der Waals surface area contributed by atoms with Crippen LogP contribution in [0.25, 0.3) is 0 Å². The van der Waals surface area contributed by atoms with Crippen molar-refractivity contribution < 1.29 is 4.39 Å². The molecule has 0 saturated heterocycles. The maximum absolute atomic E-state index is 13.5. The lowest BCUT2D eigenvalue weighted by Crippen LogP contribution is -2.18. The van der Waals surface area contributed by atoms with E-state index in [1.807, 2.05) is 20.0 Å². The number of rotatable bonds is 3. The Hall–Kier alpha value is -1.09. The Morgan fingerprint density at radius 1 is 1.11 bits per heavy atom. The lowest BCUT2D eigenvalue weighted by atomic mass is 9.97. The predicted molar refractivity (Wildman–Crippen MR) is 78.5 cm³/mol. The van der Waals surface area contributed by atoms with E-state index in [9.17, 15) is 4.39 Å². The molecule has 0 bridgehead atoms. The van der Waals surface area contributed by atoms with E-state index >= 15 is 0 Å². The van der Waals surface area contributed by atoms with Crippen LogP contribution in [0.1, 0.15) is 22.7 Å². The lowest BCUT2D eigenvalue weighted by Gasteiger charge is -2.19. The number of aryl methyl sites for hydroxylation is 1. The van der Waals surface area contributed by atoms with Gasteiger partial charge in [-0.2, -0.15) is 0 Å². The molecule has 0 heterocycles. The summed E-state index contributed by atoms with van der Waals surface area (Å²) in [5, 5.41) is 4.35. The molecule has 0 aliphatic heterocycles. The van der Waals surface area contributed by atoms with Crippen molar-refractivity contribution in [1.82, 2.24) is 5.32 Å². The molecule has 1 N–H and O–H groups in total. The van der Waals surface area contributed by atoms with Crippen LogP contribution < -0.4 is 5.32 Å². The molecule has 0 aromatic heterocycles. The average Bonchev–Trinajstić information content (AvgIpc) is 2.33. The highest BCUT2D eigenvalue weighted by atomic mass is 35.5. The topological polar surface area (TPSA) is 12.0 Å². The van der Waals surface area contributed by atoms with Crippen LogP contribution in [0.5, 0.6) is 0 Å². The molecule has 1 atom stereocenters. The maximum Gasteiger partial charge on any atom is 0.123 e. The van der Waals surface area contributed by atoms with Crippen molar-refractivity contribution in [3.8, 4) is 0 Å². The first kappa shape index (κ1) is 14.3. The molecule has 1 unspecified atom stereocenters. The first-order chi connectivity index (χ1) is 9.01. The van der Waals surface area contributed by atoms with Gasteiger partial charge in [-0.3, -0.25) is 0 Å². The molecular formula is C15H14Cl2FN. The molecule has 0 amide bonds. The average molecular weight is 298 g/mol. The van der Waals surface area contributed by atoms with Gasteiger partial charge in [0, 0.05) is 10.0 Å². The third-order valence-corrected chi connectivity index (χ3v) is 3.53. The highest BCUT2D eigenvalue weighted by molar-refractivity contribution is 6.33. The SMILES string of the molecule is CNC(c1cc(C)cc(F)c1)c1cc(Cl)ccc1Cl. The first-order valence-electron chi connectivity index (χ1n) is 5.90. The summed E-state index contributed by atoms with van der Waals surface area (Å²) in [5.41, 5.74) is 2.53. The smallest absolute Gasteiger partial charge is 0.123 e. The Balaban J connectivity index is 2.52. The van der Waals surface area contributed by atoms with Gasteiger partial charge in [0.15, 0.2) is 0 Å². The molecule has 2 aromatic carbocycles. The van der Waals surface area contributed by atoms with Gasteiger partial charge in [-0.05, 0) is 61.0 Å². The van der Waals surface area contributed by atoms with E-state index in [2.05, 4.69) is 5.32 Å². The summed E-state index contributed by atoms with van der Waals surface area (Å²) in [6.07, 6.45) is 0. The zero-order valence-corrected chi connectivity index (χ0v) is 12.2. The van der Waals surface area contributed by atoms with E-state index in [-0.39, 0.29) is 11.9 Å². The molecule has 0 spiro atoms. The Bertz CT molecular complexity index is 578. The molecule has 1 nitrogen and oxygen atoms in total. The second kappa shape index (κ2) is 5.91. The number of halogens is 3. The Kier molecular flexibility index (Phi) is 4.46. The summed E-state index contributed by atoms with van der Waals surface area (Å²) in [6.45, 7) is 1.86.